The Morgan fingerprint density at radius 3 is 2.14 bits per heavy atom. The smallest absolute Gasteiger partial charge is 0.273 e. The zero-order valence-corrected chi connectivity index (χ0v) is 22.2. The number of alkyl halides is 2. The normalized spacial score (nSPS) is 23.2. The van der Waals surface area contributed by atoms with Crippen molar-refractivity contribution in [3.05, 3.63) is 69.8 Å². The maximum atomic E-state index is 13.6. The number of methoxy groups -OCH3 is 1. The second kappa shape index (κ2) is 10.5. The zero-order chi connectivity index (χ0) is 26.1. The molecule has 2 fully saturated rings. The van der Waals surface area contributed by atoms with Crippen LogP contribution in [0.3, 0.4) is 0 Å². The highest BCUT2D eigenvalue weighted by Crippen LogP contribution is 2.43. The molecule has 36 heavy (non-hydrogen) atoms. The van der Waals surface area contributed by atoms with Gasteiger partial charge in [-0.05, 0) is 43.2 Å². The number of imide groups is 1. The first-order valence-electron chi connectivity index (χ1n) is 11.0. The Hall–Kier alpha value is -3.12. The molecule has 0 spiro atoms. The van der Waals surface area contributed by atoms with Gasteiger partial charge < -0.3 is 4.74 Å². The van der Waals surface area contributed by atoms with Crippen molar-refractivity contribution >= 4 is 61.1 Å². The topological polar surface area (TPSA) is 127 Å². The Morgan fingerprint density at radius 1 is 1.03 bits per heavy atom. The number of hydrogen-bond acceptors (Lipinski definition) is 7. The fraction of sp³-hybridized carbons (Fsp3) is 0.333. The van der Waals surface area contributed by atoms with Crippen molar-refractivity contribution in [1.82, 2.24) is 10.0 Å². The number of Topliss-reactive ketones (excluding diaryl/α,β-unsaturated/α-hetero) is 1. The van der Waals surface area contributed by atoms with Gasteiger partial charge in [-0.15, -0.1) is 0 Å². The SMILES string of the molecule is COc1ccc(C(=O)CN(C(=O)c2cccc([N+](=O)[O-])c2)N2C(=O)[C@H]3C[C@@H](Br)[C@@H](Br)C[C@H]3C2=O)cc1. The number of halogens is 2. The first-order chi connectivity index (χ1) is 17.1. The van der Waals surface area contributed by atoms with E-state index in [0.29, 0.717) is 18.6 Å². The highest BCUT2D eigenvalue weighted by atomic mass is 79.9. The summed E-state index contributed by atoms with van der Waals surface area (Å²) in [4.78, 5) is 64.0. The van der Waals surface area contributed by atoms with Crippen LogP contribution in [0, 0.1) is 22.0 Å². The van der Waals surface area contributed by atoms with Crippen LogP contribution in [0.15, 0.2) is 48.5 Å². The fourth-order valence-electron chi connectivity index (χ4n) is 4.45. The number of non-ortho nitro benzene ring substituents is 1. The van der Waals surface area contributed by atoms with E-state index in [9.17, 15) is 29.3 Å². The Bertz CT molecular complexity index is 1210. The van der Waals surface area contributed by atoms with Crippen LogP contribution in [0.1, 0.15) is 33.6 Å². The van der Waals surface area contributed by atoms with E-state index in [0.717, 1.165) is 16.1 Å². The van der Waals surface area contributed by atoms with Gasteiger partial charge >= 0.3 is 0 Å². The number of carbonyl (C=O) groups excluding carboxylic acids is 4. The number of rotatable bonds is 7. The van der Waals surface area contributed by atoms with Gasteiger partial charge in [0.25, 0.3) is 23.4 Å². The number of benzene rings is 2. The van der Waals surface area contributed by atoms with Gasteiger partial charge in [-0.1, -0.05) is 37.9 Å². The van der Waals surface area contributed by atoms with Crippen LogP contribution in [0.2, 0.25) is 0 Å². The van der Waals surface area contributed by atoms with Gasteiger partial charge in [0.1, 0.15) is 12.3 Å². The van der Waals surface area contributed by atoms with Gasteiger partial charge in [-0.2, -0.15) is 5.01 Å². The maximum absolute atomic E-state index is 13.6. The molecule has 0 aromatic heterocycles. The van der Waals surface area contributed by atoms with Crippen LogP contribution in [0.4, 0.5) is 5.69 Å². The summed E-state index contributed by atoms with van der Waals surface area (Å²) >= 11 is 7.05. The lowest BCUT2D eigenvalue weighted by molar-refractivity contribution is -0.384. The standard InChI is InChI=1S/C24H21Br2N3O7/c1-36-16-7-5-13(6-8-16)21(30)12-27(22(31)14-3-2-4-15(9-14)29(34)35)28-23(32)17-10-19(25)20(26)11-18(17)24(28)33/h2-9,17-20H,10-12H2,1H3/t17-,18+,19+,20-. The summed E-state index contributed by atoms with van der Waals surface area (Å²) in [5.74, 6) is -3.31. The summed E-state index contributed by atoms with van der Waals surface area (Å²) in [5.41, 5.74) is -0.219. The largest absolute Gasteiger partial charge is 0.497 e. The molecule has 1 saturated heterocycles. The first kappa shape index (κ1) is 26.0. The summed E-state index contributed by atoms with van der Waals surface area (Å²) < 4.78 is 5.10. The van der Waals surface area contributed by atoms with E-state index in [2.05, 4.69) is 31.9 Å². The average molecular weight is 623 g/mol. The van der Waals surface area contributed by atoms with Crippen molar-refractivity contribution < 1.29 is 28.8 Å². The molecular weight excluding hydrogens is 602 g/mol. The quantitative estimate of drug-likeness (QED) is 0.151. The lowest BCUT2D eigenvalue weighted by Gasteiger charge is -2.30. The number of nitrogens with zero attached hydrogens (tertiary/aromatic N) is 3. The molecule has 2 aromatic carbocycles. The molecule has 4 atom stereocenters. The summed E-state index contributed by atoms with van der Waals surface area (Å²) in [5, 5.41) is 12.8. The molecule has 188 valence electrons. The number of ketones is 1. The minimum atomic E-state index is -0.869. The second-order valence-corrected chi connectivity index (χ2v) is 10.9. The molecule has 1 saturated carbocycles. The highest BCUT2D eigenvalue weighted by molar-refractivity contribution is 9.12. The van der Waals surface area contributed by atoms with Gasteiger partial charge in [0.15, 0.2) is 5.78 Å². The maximum Gasteiger partial charge on any atom is 0.273 e. The molecule has 12 heteroatoms. The van der Waals surface area contributed by atoms with Crippen LogP contribution in [-0.4, -0.2) is 61.8 Å². The lowest BCUT2D eigenvalue weighted by Crippen LogP contribution is -2.52. The third kappa shape index (κ3) is 4.92. The van der Waals surface area contributed by atoms with E-state index in [1.54, 1.807) is 12.1 Å². The molecule has 0 unspecified atom stereocenters. The molecule has 2 aliphatic rings. The number of fused-ring (bicyclic) bond motifs is 1. The number of carbonyl (C=O) groups is 4. The van der Waals surface area contributed by atoms with Crippen LogP contribution >= 0.6 is 31.9 Å². The molecule has 1 heterocycles. The van der Waals surface area contributed by atoms with Crippen LogP contribution in [0.25, 0.3) is 0 Å². The van der Waals surface area contributed by atoms with Gasteiger partial charge in [-0.25, -0.2) is 5.01 Å². The Labute approximate surface area is 222 Å². The van der Waals surface area contributed by atoms with Crippen LogP contribution in [-0.2, 0) is 9.59 Å². The summed E-state index contributed by atoms with van der Waals surface area (Å²) in [6.07, 6.45) is 0.764. The van der Waals surface area contributed by atoms with Gasteiger partial charge in [0.2, 0.25) is 0 Å². The Morgan fingerprint density at radius 2 is 1.61 bits per heavy atom. The van der Waals surface area contributed by atoms with Crippen LogP contribution < -0.4 is 4.74 Å². The van der Waals surface area contributed by atoms with Crippen molar-refractivity contribution in [3.8, 4) is 5.75 Å². The monoisotopic (exact) mass is 621 g/mol. The van der Waals surface area contributed by atoms with E-state index in [1.807, 2.05) is 0 Å². The van der Waals surface area contributed by atoms with Crippen LogP contribution in [0.5, 0.6) is 5.75 Å². The lowest BCUT2D eigenvalue weighted by atomic mass is 9.81. The minimum Gasteiger partial charge on any atom is -0.497 e. The molecule has 1 aliphatic carbocycles. The first-order valence-corrected chi connectivity index (χ1v) is 12.8. The fourth-order valence-corrected chi connectivity index (χ4v) is 5.69. The number of nitro benzene ring substituents is 1. The third-order valence-corrected chi connectivity index (χ3v) is 9.11. The van der Waals surface area contributed by atoms with Crippen molar-refractivity contribution in [2.75, 3.05) is 13.7 Å². The molecule has 1 aliphatic heterocycles. The van der Waals surface area contributed by atoms with Crippen molar-refractivity contribution in [2.45, 2.75) is 22.5 Å². The van der Waals surface area contributed by atoms with Gasteiger partial charge in [-0.3, -0.25) is 29.3 Å². The third-order valence-electron chi connectivity index (χ3n) is 6.37. The predicted octanol–water partition coefficient (Wildman–Crippen LogP) is 3.77. The summed E-state index contributed by atoms with van der Waals surface area (Å²) in [6, 6.07) is 11.1. The average Bonchev–Trinajstić information content (AvgIpc) is 3.11. The van der Waals surface area contributed by atoms with E-state index < -0.39 is 46.8 Å². The molecule has 4 rings (SSSR count). The molecule has 0 N–H and O–H groups in total. The Balaban J connectivity index is 1.71. The number of nitro groups is 1. The van der Waals surface area contributed by atoms with Crippen molar-refractivity contribution in [3.63, 3.8) is 0 Å². The summed E-state index contributed by atoms with van der Waals surface area (Å²) in [7, 11) is 1.48. The van der Waals surface area contributed by atoms with E-state index in [1.165, 1.54) is 37.4 Å². The number of ether oxygens (including phenoxy) is 1. The second-order valence-electron chi connectivity index (χ2n) is 8.53. The summed E-state index contributed by atoms with van der Waals surface area (Å²) in [6.45, 7) is -0.611. The molecular formula is C24H21Br2N3O7. The van der Waals surface area contributed by atoms with E-state index in [-0.39, 0.29) is 26.5 Å². The molecule has 2 aromatic rings. The Kier molecular flexibility index (Phi) is 7.55. The number of hydrogen-bond donors (Lipinski definition) is 0. The molecule has 0 radical (unpaired) electrons. The molecule has 0 bridgehead atoms. The van der Waals surface area contributed by atoms with Crippen molar-refractivity contribution in [1.29, 1.82) is 0 Å². The predicted molar refractivity (Wildman–Crippen MR) is 135 cm³/mol. The van der Waals surface area contributed by atoms with E-state index >= 15 is 0 Å². The molecule has 10 nitrogen and oxygen atoms in total. The highest BCUT2D eigenvalue weighted by Gasteiger charge is 2.54. The van der Waals surface area contributed by atoms with Gasteiger partial charge in [0, 0.05) is 32.9 Å². The minimum absolute atomic E-state index is 0.0442. The van der Waals surface area contributed by atoms with E-state index in [4.69, 9.17) is 4.74 Å². The molecule has 3 amide bonds. The van der Waals surface area contributed by atoms with Gasteiger partial charge in [0.05, 0.1) is 23.9 Å². The zero-order valence-electron chi connectivity index (χ0n) is 19.0. The van der Waals surface area contributed by atoms with Crippen molar-refractivity contribution in [2.24, 2.45) is 11.8 Å². The number of hydrazine groups is 1. The number of amides is 3.